The molecule has 1 atom stereocenters. The second-order valence-electron chi connectivity index (χ2n) is 7.55. The molecule has 1 aliphatic heterocycles. The quantitative estimate of drug-likeness (QED) is 0.623. The van der Waals surface area contributed by atoms with Gasteiger partial charge in [-0.3, -0.25) is 9.36 Å². The summed E-state index contributed by atoms with van der Waals surface area (Å²) in [7, 11) is 1.28. The minimum atomic E-state index is -0.769. The zero-order valence-corrected chi connectivity index (χ0v) is 18.3. The van der Waals surface area contributed by atoms with Gasteiger partial charge >= 0.3 is 0 Å². The van der Waals surface area contributed by atoms with Gasteiger partial charge in [-0.05, 0) is 31.0 Å². The van der Waals surface area contributed by atoms with Gasteiger partial charge in [-0.25, -0.2) is 18.7 Å². The summed E-state index contributed by atoms with van der Waals surface area (Å²) in [5, 5.41) is 8.93. The molecule has 1 fully saturated rings. The molecule has 1 aromatic carbocycles. The molecule has 0 aliphatic carbocycles. The van der Waals surface area contributed by atoms with E-state index in [1.165, 1.54) is 30.0 Å². The molecule has 1 amide bonds. The number of rotatable bonds is 4. The lowest BCUT2D eigenvalue weighted by Crippen LogP contribution is -2.45. The van der Waals surface area contributed by atoms with Gasteiger partial charge < -0.3 is 15.4 Å². The van der Waals surface area contributed by atoms with Crippen molar-refractivity contribution in [3.05, 3.63) is 58.5 Å². The molecule has 1 saturated heterocycles. The molecule has 4 rings (SSSR count). The summed E-state index contributed by atoms with van der Waals surface area (Å²) in [4.78, 5) is 23.1. The first kappa shape index (κ1) is 22.6. The number of benzene rings is 1. The molecule has 170 valence electrons. The Morgan fingerprint density at radius 1 is 1.33 bits per heavy atom. The van der Waals surface area contributed by atoms with Crippen molar-refractivity contribution < 1.29 is 18.3 Å². The van der Waals surface area contributed by atoms with Crippen LogP contribution in [0.2, 0.25) is 5.15 Å². The summed E-state index contributed by atoms with van der Waals surface area (Å²) < 4.78 is 34.9. The molecular weight excluding hydrogens is 454 g/mol. The van der Waals surface area contributed by atoms with Gasteiger partial charge in [0.05, 0.1) is 24.6 Å². The van der Waals surface area contributed by atoms with Gasteiger partial charge in [-0.1, -0.05) is 11.6 Å². The van der Waals surface area contributed by atoms with Gasteiger partial charge in [0, 0.05) is 30.8 Å². The highest BCUT2D eigenvalue weighted by Crippen LogP contribution is 2.32. The van der Waals surface area contributed by atoms with Crippen LogP contribution in [-0.4, -0.2) is 51.6 Å². The average Bonchev–Trinajstić information content (AvgIpc) is 3.15. The van der Waals surface area contributed by atoms with Crippen molar-refractivity contribution in [3.8, 4) is 29.0 Å². The number of pyridine rings is 1. The predicted octanol–water partition coefficient (Wildman–Crippen LogP) is 3.31. The Labute approximate surface area is 193 Å². The normalized spacial score (nSPS) is 15.9. The molecule has 3 heterocycles. The zero-order chi connectivity index (χ0) is 23.7. The average molecular weight is 473 g/mol. The number of carbonyl (C=O) groups is 1. The summed E-state index contributed by atoms with van der Waals surface area (Å²) in [6, 6.07) is 6.57. The number of amides is 1. The van der Waals surface area contributed by atoms with Crippen LogP contribution in [0.15, 0.2) is 30.5 Å². The van der Waals surface area contributed by atoms with E-state index in [1.54, 1.807) is 11.0 Å². The van der Waals surface area contributed by atoms with Gasteiger partial charge in [-0.2, -0.15) is 5.26 Å². The van der Waals surface area contributed by atoms with E-state index in [4.69, 9.17) is 27.3 Å². The molecule has 3 aromatic rings. The number of aromatic nitrogens is 3. The van der Waals surface area contributed by atoms with E-state index in [0.29, 0.717) is 13.1 Å². The number of carbonyl (C=O) groups excluding carboxylic acids is 1. The van der Waals surface area contributed by atoms with Crippen LogP contribution in [0.3, 0.4) is 0 Å². The molecule has 8 nitrogen and oxygen atoms in total. The minimum absolute atomic E-state index is 0.0817. The first-order valence-electron chi connectivity index (χ1n) is 10.1. The van der Waals surface area contributed by atoms with Crippen LogP contribution in [0.4, 0.5) is 8.78 Å². The SMILES string of the molecule is COc1ncc(-n2c(-c3ccc(C#N)c(F)c3)nc(C(=O)N3CCC[C@@H](N)C3)c2Cl)cc1F. The van der Waals surface area contributed by atoms with Crippen molar-refractivity contribution in [1.29, 1.82) is 5.26 Å². The number of hydrogen-bond donors (Lipinski definition) is 1. The van der Waals surface area contributed by atoms with Crippen LogP contribution in [0.1, 0.15) is 28.9 Å². The fourth-order valence-corrected chi connectivity index (χ4v) is 4.04. The smallest absolute Gasteiger partial charge is 0.275 e. The highest BCUT2D eigenvalue weighted by atomic mass is 35.5. The number of halogens is 3. The maximum Gasteiger partial charge on any atom is 0.275 e. The largest absolute Gasteiger partial charge is 0.479 e. The molecule has 11 heteroatoms. The lowest BCUT2D eigenvalue weighted by molar-refractivity contribution is 0.0703. The number of imidazole rings is 1. The van der Waals surface area contributed by atoms with Gasteiger partial charge in [-0.15, -0.1) is 0 Å². The van der Waals surface area contributed by atoms with Crippen LogP contribution >= 0.6 is 11.6 Å². The number of nitriles is 1. The highest BCUT2D eigenvalue weighted by Gasteiger charge is 2.30. The third-order valence-corrected chi connectivity index (χ3v) is 5.71. The van der Waals surface area contributed by atoms with E-state index in [9.17, 15) is 13.6 Å². The Morgan fingerprint density at radius 3 is 2.76 bits per heavy atom. The Balaban J connectivity index is 1.88. The third kappa shape index (κ3) is 4.25. The van der Waals surface area contributed by atoms with Crippen molar-refractivity contribution in [1.82, 2.24) is 19.4 Å². The molecule has 2 N–H and O–H groups in total. The summed E-state index contributed by atoms with van der Waals surface area (Å²) in [5.74, 6) is -2.11. The summed E-state index contributed by atoms with van der Waals surface area (Å²) in [6.45, 7) is 0.844. The molecular formula is C22H19ClF2N6O2. The van der Waals surface area contributed by atoms with Gasteiger partial charge in [0.15, 0.2) is 11.5 Å². The van der Waals surface area contributed by atoms with Crippen LogP contribution in [0.25, 0.3) is 17.1 Å². The number of hydrogen-bond acceptors (Lipinski definition) is 6. The lowest BCUT2D eigenvalue weighted by Gasteiger charge is -2.30. The number of nitrogens with two attached hydrogens (primary N) is 1. The molecule has 0 spiro atoms. The van der Waals surface area contributed by atoms with Crippen LogP contribution < -0.4 is 10.5 Å². The van der Waals surface area contributed by atoms with Gasteiger partial charge in [0.1, 0.15) is 22.9 Å². The summed E-state index contributed by atoms with van der Waals surface area (Å²) >= 11 is 6.58. The van der Waals surface area contributed by atoms with E-state index in [1.807, 2.05) is 0 Å². The maximum atomic E-state index is 14.4. The number of nitrogens with zero attached hydrogens (tertiary/aromatic N) is 5. The fraction of sp³-hybridized carbons (Fsp3) is 0.273. The first-order valence-corrected chi connectivity index (χ1v) is 10.4. The van der Waals surface area contributed by atoms with Gasteiger partial charge in [0.25, 0.3) is 5.91 Å². The molecule has 1 aliphatic rings. The molecule has 2 aromatic heterocycles. The Morgan fingerprint density at radius 2 is 2.12 bits per heavy atom. The number of likely N-dealkylation sites (tertiary alicyclic amines) is 1. The Kier molecular flexibility index (Phi) is 6.26. The molecule has 0 bridgehead atoms. The number of methoxy groups -OCH3 is 1. The highest BCUT2D eigenvalue weighted by molar-refractivity contribution is 6.33. The van der Waals surface area contributed by atoms with Crippen molar-refractivity contribution in [2.75, 3.05) is 20.2 Å². The number of piperidine rings is 1. The number of ether oxygens (including phenoxy) is 1. The monoisotopic (exact) mass is 472 g/mol. The van der Waals surface area contributed by atoms with E-state index in [0.717, 1.165) is 25.0 Å². The van der Waals surface area contributed by atoms with Gasteiger partial charge in [0.2, 0.25) is 5.88 Å². The molecule has 33 heavy (non-hydrogen) atoms. The second-order valence-corrected chi connectivity index (χ2v) is 7.91. The lowest BCUT2D eigenvalue weighted by atomic mass is 10.1. The van der Waals surface area contributed by atoms with E-state index in [-0.39, 0.29) is 45.4 Å². The van der Waals surface area contributed by atoms with Crippen molar-refractivity contribution >= 4 is 17.5 Å². The Hall–Kier alpha value is -3.55. The minimum Gasteiger partial charge on any atom is -0.479 e. The van der Waals surface area contributed by atoms with E-state index in [2.05, 4.69) is 9.97 Å². The predicted molar refractivity (Wildman–Crippen MR) is 116 cm³/mol. The van der Waals surface area contributed by atoms with Crippen LogP contribution in [0, 0.1) is 23.0 Å². The fourth-order valence-electron chi connectivity index (χ4n) is 3.74. The topological polar surface area (TPSA) is 110 Å². The molecule has 0 radical (unpaired) electrons. The maximum absolute atomic E-state index is 14.4. The zero-order valence-electron chi connectivity index (χ0n) is 17.6. The second kappa shape index (κ2) is 9.13. The van der Waals surface area contributed by atoms with Crippen molar-refractivity contribution in [3.63, 3.8) is 0 Å². The van der Waals surface area contributed by atoms with Crippen molar-refractivity contribution in [2.45, 2.75) is 18.9 Å². The van der Waals surface area contributed by atoms with Crippen LogP contribution in [-0.2, 0) is 0 Å². The van der Waals surface area contributed by atoms with Crippen molar-refractivity contribution in [2.24, 2.45) is 5.73 Å². The first-order chi connectivity index (χ1) is 15.8. The standard InChI is InChI=1S/C22H19ClF2N6O2/c1-33-21-17(25)8-15(10-28-21)31-19(23)18(22(32)30-6-2-3-14(27)11-30)29-20(31)12-4-5-13(9-26)16(24)7-12/h4-5,7-8,10,14H,2-3,6,11,27H2,1H3/t14-/m1/s1. The molecule has 0 saturated carbocycles. The third-order valence-electron chi connectivity index (χ3n) is 5.36. The Bertz CT molecular complexity index is 1270. The summed E-state index contributed by atoms with van der Waals surface area (Å²) in [5.41, 5.74) is 6.15. The van der Waals surface area contributed by atoms with E-state index < -0.39 is 17.5 Å². The summed E-state index contributed by atoms with van der Waals surface area (Å²) in [6.07, 6.45) is 2.84. The van der Waals surface area contributed by atoms with Crippen LogP contribution in [0.5, 0.6) is 5.88 Å². The molecule has 0 unspecified atom stereocenters. The van der Waals surface area contributed by atoms with E-state index >= 15 is 0 Å².